The van der Waals surface area contributed by atoms with Gasteiger partial charge in [0.2, 0.25) is 5.91 Å². The minimum atomic E-state index is -0.689. The Bertz CT molecular complexity index is 1060. The maximum Gasteiger partial charge on any atom is 0.255 e. The van der Waals surface area contributed by atoms with E-state index in [4.69, 9.17) is 0 Å². The van der Waals surface area contributed by atoms with E-state index >= 15 is 0 Å². The highest BCUT2D eigenvalue weighted by Crippen LogP contribution is 2.26. The van der Waals surface area contributed by atoms with E-state index in [0.717, 1.165) is 0 Å². The van der Waals surface area contributed by atoms with Crippen molar-refractivity contribution in [1.29, 1.82) is 0 Å². The van der Waals surface area contributed by atoms with Crippen LogP contribution in [0.25, 0.3) is 5.69 Å². The molecule has 8 nitrogen and oxygen atoms in total. The van der Waals surface area contributed by atoms with Gasteiger partial charge in [0.15, 0.2) is 5.82 Å². The zero-order chi connectivity index (χ0) is 20.4. The van der Waals surface area contributed by atoms with Gasteiger partial charge in [0.25, 0.3) is 5.91 Å². The van der Waals surface area contributed by atoms with Gasteiger partial charge in [0, 0.05) is 11.3 Å². The third-order valence-corrected chi connectivity index (χ3v) is 5.56. The van der Waals surface area contributed by atoms with Crippen LogP contribution in [0.3, 0.4) is 0 Å². The lowest BCUT2D eigenvalue weighted by Crippen LogP contribution is -2.44. The number of tetrazole rings is 1. The number of carbonyl (C=O) groups excluding carboxylic acids is 2. The molecular weight excluding hydrogens is 395 g/mol. The summed E-state index contributed by atoms with van der Waals surface area (Å²) < 4.78 is 15.8. The Hall–Kier alpha value is -3.27. The van der Waals surface area contributed by atoms with Crippen LogP contribution in [0.15, 0.2) is 48.5 Å². The molecule has 1 aromatic heterocycles. The fourth-order valence-corrected chi connectivity index (χ4v) is 4.19. The number of amides is 2. The molecule has 29 heavy (non-hydrogen) atoms. The minimum absolute atomic E-state index is 0.00594. The molecule has 0 saturated carbocycles. The van der Waals surface area contributed by atoms with Crippen LogP contribution in [0.4, 0.5) is 10.1 Å². The first-order valence-electron chi connectivity index (χ1n) is 8.84. The van der Waals surface area contributed by atoms with Crippen LogP contribution in [0.2, 0.25) is 0 Å². The van der Waals surface area contributed by atoms with Crippen molar-refractivity contribution in [2.75, 3.05) is 16.9 Å². The maximum atomic E-state index is 14.3. The van der Waals surface area contributed by atoms with Crippen molar-refractivity contribution in [3.8, 4) is 5.69 Å². The second-order valence-electron chi connectivity index (χ2n) is 6.45. The molecule has 10 heteroatoms. The molecule has 1 N–H and O–H groups in total. The lowest BCUT2D eigenvalue weighted by atomic mass is 10.1. The lowest BCUT2D eigenvalue weighted by molar-refractivity contribution is -0.119. The summed E-state index contributed by atoms with van der Waals surface area (Å²) in [5.74, 6) is 0.119. The smallest absolute Gasteiger partial charge is 0.255 e. The molecule has 4 rings (SSSR count). The van der Waals surface area contributed by atoms with Crippen LogP contribution in [-0.4, -0.2) is 54.6 Å². The van der Waals surface area contributed by atoms with Gasteiger partial charge in [-0.2, -0.15) is 4.68 Å². The molecule has 1 fully saturated rings. The number of anilines is 1. The van der Waals surface area contributed by atoms with Crippen molar-refractivity contribution >= 4 is 29.3 Å². The molecule has 2 heterocycles. The topological polar surface area (TPSA) is 93.0 Å². The highest BCUT2D eigenvalue weighted by molar-refractivity contribution is 7.99. The van der Waals surface area contributed by atoms with Gasteiger partial charge in [0.1, 0.15) is 11.9 Å². The van der Waals surface area contributed by atoms with Crippen LogP contribution in [-0.2, 0) is 4.79 Å². The van der Waals surface area contributed by atoms with Gasteiger partial charge in [-0.3, -0.25) is 9.59 Å². The van der Waals surface area contributed by atoms with E-state index in [2.05, 4.69) is 20.8 Å². The normalized spacial score (nSPS) is 16.1. The van der Waals surface area contributed by atoms with Crippen molar-refractivity contribution in [2.24, 2.45) is 0 Å². The van der Waals surface area contributed by atoms with Gasteiger partial charge >= 0.3 is 0 Å². The summed E-state index contributed by atoms with van der Waals surface area (Å²) in [6, 6.07) is 12.3. The number of hydrogen-bond donors (Lipinski definition) is 1. The molecule has 2 aromatic carbocycles. The molecule has 0 unspecified atom stereocenters. The molecule has 0 radical (unpaired) electrons. The van der Waals surface area contributed by atoms with Crippen LogP contribution < -0.4 is 5.32 Å². The second kappa shape index (κ2) is 8.00. The van der Waals surface area contributed by atoms with E-state index in [1.54, 1.807) is 31.2 Å². The first kappa shape index (κ1) is 19.1. The first-order chi connectivity index (χ1) is 14.0. The predicted octanol–water partition coefficient (Wildman–Crippen LogP) is 2.26. The average Bonchev–Trinajstić information content (AvgIpc) is 3.39. The van der Waals surface area contributed by atoms with Crippen molar-refractivity contribution in [3.05, 3.63) is 65.7 Å². The Kier molecular flexibility index (Phi) is 5.26. The highest BCUT2D eigenvalue weighted by atomic mass is 32.2. The number of nitrogens with zero attached hydrogens (tertiary/aromatic N) is 5. The second-order valence-corrected chi connectivity index (χ2v) is 7.45. The quantitative estimate of drug-likeness (QED) is 0.707. The van der Waals surface area contributed by atoms with Gasteiger partial charge in [-0.15, -0.1) is 16.9 Å². The van der Waals surface area contributed by atoms with E-state index in [-0.39, 0.29) is 11.6 Å². The number of aromatic nitrogens is 4. The minimum Gasteiger partial charge on any atom is -0.322 e. The van der Waals surface area contributed by atoms with Crippen molar-refractivity contribution in [3.63, 3.8) is 0 Å². The van der Waals surface area contributed by atoms with Gasteiger partial charge in [-0.1, -0.05) is 18.2 Å². The monoisotopic (exact) mass is 412 g/mol. The molecule has 1 atom stereocenters. The SMILES string of the molecule is Cc1nnnn1-c1ccc(F)c(NC(=O)[C@@H]2CSCN2C(=O)c2ccccc2)c1. The number of aryl methyl sites for hydroxylation is 1. The summed E-state index contributed by atoms with van der Waals surface area (Å²) >= 11 is 1.48. The number of thioether (sulfide) groups is 1. The van der Waals surface area contributed by atoms with Crippen molar-refractivity contribution in [1.82, 2.24) is 25.1 Å². The Labute approximate surface area is 170 Å². The Morgan fingerprint density at radius 3 is 2.72 bits per heavy atom. The van der Waals surface area contributed by atoms with E-state index in [0.29, 0.717) is 28.7 Å². The van der Waals surface area contributed by atoms with Crippen molar-refractivity contribution in [2.45, 2.75) is 13.0 Å². The van der Waals surface area contributed by atoms with Crippen LogP contribution >= 0.6 is 11.8 Å². The van der Waals surface area contributed by atoms with Crippen molar-refractivity contribution < 1.29 is 14.0 Å². The summed E-state index contributed by atoms with van der Waals surface area (Å²) in [4.78, 5) is 27.1. The number of nitrogens with one attached hydrogen (secondary N) is 1. The lowest BCUT2D eigenvalue weighted by Gasteiger charge is -2.23. The molecule has 1 aliphatic rings. The van der Waals surface area contributed by atoms with Gasteiger partial charge < -0.3 is 10.2 Å². The van der Waals surface area contributed by atoms with Gasteiger partial charge in [-0.05, 0) is 47.7 Å². The van der Waals surface area contributed by atoms with Gasteiger partial charge in [0.05, 0.1) is 17.3 Å². The number of benzene rings is 2. The third kappa shape index (κ3) is 3.83. The molecule has 1 saturated heterocycles. The summed E-state index contributed by atoms with van der Waals surface area (Å²) in [5.41, 5.74) is 1.03. The molecule has 0 aliphatic carbocycles. The third-order valence-electron chi connectivity index (χ3n) is 4.54. The zero-order valence-corrected chi connectivity index (χ0v) is 16.3. The Morgan fingerprint density at radius 1 is 1.21 bits per heavy atom. The molecule has 0 spiro atoms. The van der Waals surface area contributed by atoms with Gasteiger partial charge in [-0.25, -0.2) is 4.39 Å². The zero-order valence-electron chi connectivity index (χ0n) is 15.4. The standard InChI is InChI=1S/C19H17FN6O2S/c1-12-22-23-24-26(12)14-7-8-15(20)16(9-14)21-18(27)17-10-29-11-25(17)19(28)13-5-3-2-4-6-13/h2-9,17H,10-11H2,1H3,(H,21,27)/t17-/m0/s1. The summed E-state index contributed by atoms with van der Waals surface area (Å²) in [5, 5.41) is 13.8. The number of halogens is 1. The van der Waals surface area contributed by atoms with E-state index in [1.165, 1.54) is 39.5 Å². The van der Waals surface area contributed by atoms with E-state index in [9.17, 15) is 14.0 Å². The fraction of sp³-hybridized carbons (Fsp3) is 0.211. The fourth-order valence-electron chi connectivity index (χ4n) is 3.03. The molecule has 3 aromatic rings. The average molecular weight is 412 g/mol. The Balaban J connectivity index is 1.54. The number of rotatable bonds is 4. The maximum absolute atomic E-state index is 14.3. The number of hydrogen-bond acceptors (Lipinski definition) is 6. The summed E-state index contributed by atoms with van der Waals surface area (Å²) in [7, 11) is 0. The van der Waals surface area contributed by atoms with Crippen LogP contribution in [0.1, 0.15) is 16.2 Å². The predicted molar refractivity (Wildman–Crippen MR) is 106 cm³/mol. The first-order valence-corrected chi connectivity index (χ1v) is 9.99. The van der Waals surface area contributed by atoms with E-state index in [1.807, 2.05) is 6.07 Å². The molecule has 0 bridgehead atoms. The van der Waals surface area contributed by atoms with Crippen LogP contribution in [0, 0.1) is 12.7 Å². The Morgan fingerprint density at radius 2 is 2.00 bits per heavy atom. The summed E-state index contributed by atoms with van der Waals surface area (Å²) in [6.07, 6.45) is 0. The largest absolute Gasteiger partial charge is 0.322 e. The highest BCUT2D eigenvalue weighted by Gasteiger charge is 2.35. The van der Waals surface area contributed by atoms with Crippen LogP contribution in [0.5, 0.6) is 0 Å². The summed E-state index contributed by atoms with van der Waals surface area (Å²) in [6.45, 7) is 1.71. The molecule has 2 amide bonds. The number of carbonyl (C=O) groups is 2. The molecule has 1 aliphatic heterocycles. The molecule has 148 valence electrons. The molecular formula is C19H17FN6O2S. The van der Waals surface area contributed by atoms with E-state index < -0.39 is 17.8 Å².